The molecule has 0 aliphatic rings. The molecule has 0 bridgehead atoms. The molecule has 0 aliphatic carbocycles. The lowest BCUT2D eigenvalue weighted by molar-refractivity contribution is 0.338. The highest BCUT2D eigenvalue weighted by Gasteiger charge is 2.05. The van der Waals surface area contributed by atoms with Crippen molar-refractivity contribution in [3.63, 3.8) is 0 Å². The van der Waals surface area contributed by atoms with Crippen molar-refractivity contribution in [3.8, 4) is 17.4 Å². The van der Waals surface area contributed by atoms with E-state index in [0.29, 0.717) is 12.5 Å². The molecular formula is C16H20N2O2. The summed E-state index contributed by atoms with van der Waals surface area (Å²) in [6.45, 7) is 5.39. The van der Waals surface area contributed by atoms with E-state index in [-0.39, 0.29) is 0 Å². The number of nitrogens with one attached hydrogen (secondary N) is 1. The predicted molar refractivity (Wildman–Crippen MR) is 79.4 cm³/mol. The Kier molecular flexibility index (Phi) is 4.96. The number of pyridine rings is 1. The summed E-state index contributed by atoms with van der Waals surface area (Å²) in [5.41, 5.74) is 2.15. The average Bonchev–Trinajstić information content (AvgIpc) is 2.43. The first-order valence-corrected chi connectivity index (χ1v) is 6.73. The van der Waals surface area contributed by atoms with Crippen LogP contribution in [0.5, 0.6) is 17.4 Å². The molecule has 0 saturated heterocycles. The fourth-order valence-corrected chi connectivity index (χ4v) is 1.93. The van der Waals surface area contributed by atoms with Gasteiger partial charge >= 0.3 is 0 Å². The minimum Gasteiger partial charge on any atom is -0.494 e. The zero-order chi connectivity index (χ0) is 14.4. The zero-order valence-corrected chi connectivity index (χ0v) is 12.1. The van der Waals surface area contributed by atoms with Gasteiger partial charge in [-0.15, -0.1) is 0 Å². The molecular weight excluding hydrogens is 252 g/mol. The molecule has 0 radical (unpaired) electrons. The van der Waals surface area contributed by atoms with E-state index in [1.807, 2.05) is 51.4 Å². The van der Waals surface area contributed by atoms with Crippen molar-refractivity contribution in [2.24, 2.45) is 0 Å². The fourth-order valence-electron chi connectivity index (χ4n) is 1.93. The average molecular weight is 272 g/mol. The predicted octanol–water partition coefficient (Wildman–Crippen LogP) is 3.30. The highest BCUT2D eigenvalue weighted by molar-refractivity contribution is 5.37. The van der Waals surface area contributed by atoms with Crippen LogP contribution < -0.4 is 14.8 Å². The van der Waals surface area contributed by atoms with E-state index < -0.39 is 0 Å². The summed E-state index contributed by atoms with van der Waals surface area (Å²) in [4.78, 5) is 4.36. The molecule has 20 heavy (non-hydrogen) atoms. The van der Waals surface area contributed by atoms with Crippen LogP contribution in [0.2, 0.25) is 0 Å². The largest absolute Gasteiger partial charge is 0.494 e. The molecule has 1 heterocycles. The van der Waals surface area contributed by atoms with Gasteiger partial charge in [0.2, 0.25) is 5.88 Å². The number of rotatable bonds is 6. The van der Waals surface area contributed by atoms with Crippen LogP contribution in [0, 0.1) is 6.92 Å². The number of ether oxygens (including phenoxy) is 2. The van der Waals surface area contributed by atoms with Crippen LogP contribution in [-0.4, -0.2) is 18.6 Å². The number of benzene rings is 1. The number of aryl methyl sites for hydroxylation is 1. The van der Waals surface area contributed by atoms with Crippen molar-refractivity contribution in [1.29, 1.82) is 0 Å². The van der Waals surface area contributed by atoms with Crippen molar-refractivity contribution < 1.29 is 9.47 Å². The Morgan fingerprint density at radius 3 is 2.70 bits per heavy atom. The first-order valence-electron chi connectivity index (χ1n) is 6.73. The van der Waals surface area contributed by atoms with E-state index in [2.05, 4.69) is 16.4 Å². The standard InChI is InChI=1S/C16H20N2O2/c1-4-19-14-6-5-7-15(9-14)20-16-12(2)8-13(10-17-3)11-18-16/h5-9,11,17H,4,10H2,1-3H3. The van der Waals surface area contributed by atoms with Crippen LogP contribution >= 0.6 is 0 Å². The number of aromatic nitrogens is 1. The van der Waals surface area contributed by atoms with Gasteiger partial charge in [0.05, 0.1) is 6.61 Å². The molecule has 4 nitrogen and oxygen atoms in total. The van der Waals surface area contributed by atoms with Crippen molar-refractivity contribution in [1.82, 2.24) is 10.3 Å². The van der Waals surface area contributed by atoms with Gasteiger partial charge < -0.3 is 14.8 Å². The van der Waals surface area contributed by atoms with E-state index in [1.54, 1.807) is 0 Å². The second kappa shape index (κ2) is 6.91. The lowest BCUT2D eigenvalue weighted by atomic mass is 10.2. The highest BCUT2D eigenvalue weighted by Crippen LogP contribution is 2.26. The Morgan fingerprint density at radius 1 is 1.20 bits per heavy atom. The Hall–Kier alpha value is -2.07. The van der Waals surface area contributed by atoms with Crippen LogP contribution in [0.3, 0.4) is 0 Å². The molecule has 0 fully saturated rings. The zero-order valence-electron chi connectivity index (χ0n) is 12.1. The van der Waals surface area contributed by atoms with Crippen LogP contribution in [0.25, 0.3) is 0 Å². The quantitative estimate of drug-likeness (QED) is 0.876. The summed E-state index contributed by atoms with van der Waals surface area (Å²) in [5, 5.41) is 3.10. The summed E-state index contributed by atoms with van der Waals surface area (Å²) < 4.78 is 11.3. The van der Waals surface area contributed by atoms with E-state index in [9.17, 15) is 0 Å². The van der Waals surface area contributed by atoms with Gasteiger partial charge in [-0.2, -0.15) is 0 Å². The molecule has 2 aromatic rings. The van der Waals surface area contributed by atoms with Gasteiger partial charge in [-0.05, 0) is 44.7 Å². The molecule has 0 unspecified atom stereocenters. The summed E-state index contributed by atoms with van der Waals surface area (Å²) in [6.07, 6.45) is 1.82. The molecule has 0 aliphatic heterocycles. The normalized spacial score (nSPS) is 10.3. The van der Waals surface area contributed by atoms with E-state index in [1.165, 1.54) is 0 Å². The van der Waals surface area contributed by atoms with Crippen LogP contribution in [0.1, 0.15) is 18.1 Å². The summed E-state index contributed by atoms with van der Waals surface area (Å²) in [6, 6.07) is 9.65. The summed E-state index contributed by atoms with van der Waals surface area (Å²) in [7, 11) is 1.92. The van der Waals surface area contributed by atoms with Crippen LogP contribution in [-0.2, 0) is 6.54 Å². The number of nitrogens with zero attached hydrogens (tertiary/aromatic N) is 1. The maximum atomic E-state index is 5.82. The lowest BCUT2D eigenvalue weighted by Gasteiger charge is -2.10. The van der Waals surface area contributed by atoms with Gasteiger partial charge in [0, 0.05) is 24.4 Å². The Balaban J connectivity index is 2.15. The molecule has 0 atom stereocenters. The second-order valence-corrected chi connectivity index (χ2v) is 4.51. The van der Waals surface area contributed by atoms with Crippen LogP contribution in [0.15, 0.2) is 36.5 Å². The molecule has 0 amide bonds. The maximum absolute atomic E-state index is 5.82. The highest BCUT2D eigenvalue weighted by atomic mass is 16.5. The van der Waals surface area contributed by atoms with Gasteiger partial charge in [-0.1, -0.05) is 6.07 Å². The van der Waals surface area contributed by atoms with Crippen molar-refractivity contribution >= 4 is 0 Å². The molecule has 1 aromatic carbocycles. The molecule has 106 valence electrons. The van der Waals surface area contributed by atoms with Gasteiger partial charge in [0.15, 0.2) is 0 Å². The van der Waals surface area contributed by atoms with Crippen LogP contribution in [0.4, 0.5) is 0 Å². The van der Waals surface area contributed by atoms with Gasteiger partial charge in [-0.25, -0.2) is 4.98 Å². The Bertz CT molecular complexity index is 570. The topological polar surface area (TPSA) is 43.4 Å². The van der Waals surface area contributed by atoms with E-state index in [4.69, 9.17) is 9.47 Å². The van der Waals surface area contributed by atoms with Crippen molar-refractivity contribution in [2.45, 2.75) is 20.4 Å². The number of hydrogen-bond acceptors (Lipinski definition) is 4. The third kappa shape index (κ3) is 3.71. The molecule has 1 N–H and O–H groups in total. The Labute approximate surface area is 119 Å². The smallest absolute Gasteiger partial charge is 0.222 e. The van der Waals surface area contributed by atoms with Gasteiger partial charge in [0.25, 0.3) is 0 Å². The van der Waals surface area contributed by atoms with Gasteiger partial charge in [-0.3, -0.25) is 0 Å². The molecule has 0 spiro atoms. The summed E-state index contributed by atoms with van der Waals surface area (Å²) >= 11 is 0. The minimum atomic E-state index is 0.624. The minimum absolute atomic E-state index is 0.624. The fraction of sp³-hybridized carbons (Fsp3) is 0.312. The first kappa shape index (κ1) is 14.3. The van der Waals surface area contributed by atoms with E-state index >= 15 is 0 Å². The molecule has 4 heteroatoms. The monoisotopic (exact) mass is 272 g/mol. The molecule has 1 aromatic heterocycles. The SMILES string of the molecule is CCOc1cccc(Oc2ncc(CNC)cc2C)c1. The second-order valence-electron chi connectivity index (χ2n) is 4.51. The Morgan fingerprint density at radius 2 is 2.00 bits per heavy atom. The third-order valence-corrected chi connectivity index (χ3v) is 2.80. The van der Waals surface area contributed by atoms with Gasteiger partial charge in [0.1, 0.15) is 11.5 Å². The lowest BCUT2D eigenvalue weighted by Crippen LogP contribution is -2.06. The van der Waals surface area contributed by atoms with E-state index in [0.717, 1.165) is 29.2 Å². The number of hydrogen-bond donors (Lipinski definition) is 1. The van der Waals surface area contributed by atoms with Crippen molar-refractivity contribution in [2.75, 3.05) is 13.7 Å². The molecule has 0 saturated carbocycles. The molecule has 2 rings (SSSR count). The first-order chi connectivity index (χ1) is 9.72. The maximum Gasteiger partial charge on any atom is 0.222 e. The van der Waals surface area contributed by atoms with Crippen molar-refractivity contribution in [3.05, 3.63) is 47.7 Å². The summed E-state index contributed by atoms with van der Waals surface area (Å²) in [5.74, 6) is 2.15. The third-order valence-electron chi connectivity index (χ3n) is 2.80.